The van der Waals surface area contributed by atoms with Gasteiger partial charge in [-0.25, -0.2) is 13.1 Å². The number of aliphatic hydroxyl groups is 1. The van der Waals surface area contributed by atoms with Crippen molar-refractivity contribution < 1.29 is 13.5 Å². The number of hydrogen-bond donors (Lipinski definition) is 3. The fourth-order valence-corrected chi connectivity index (χ4v) is 2.71. The van der Waals surface area contributed by atoms with Gasteiger partial charge in [0.1, 0.15) is 4.90 Å². The van der Waals surface area contributed by atoms with Crippen molar-refractivity contribution in [2.24, 2.45) is 5.41 Å². The molecule has 0 radical (unpaired) electrons. The molecule has 1 saturated carbocycles. The maximum absolute atomic E-state index is 11.8. The van der Waals surface area contributed by atoms with Crippen molar-refractivity contribution in [3.8, 4) is 0 Å². The predicted octanol–water partition coefficient (Wildman–Crippen LogP) is 0.779. The average Bonchev–Trinajstić information content (AvgIpc) is 3.17. The van der Waals surface area contributed by atoms with Gasteiger partial charge in [0.15, 0.2) is 0 Å². The van der Waals surface area contributed by atoms with Crippen LogP contribution in [0.4, 0.5) is 5.69 Å². The van der Waals surface area contributed by atoms with Crippen LogP contribution in [0.25, 0.3) is 0 Å². The molecule has 1 fully saturated rings. The van der Waals surface area contributed by atoms with E-state index in [-0.39, 0.29) is 16.9 Å². The summed E-state index contributed by atoms with van der Waals surface area (Å²) in [6.45, 7) is 0.737. The monoisotopic (exact) mass is 270 g/mol. The first-order valence-electron chi connectivity index (χ1n) is 5.90. The smallest absolute Gasteiger partial charge is 0.242 e. The Kier molecular flexibility index (Phi) is 3.61. The number of benzene rings is 1. The summed E-state index contributed by atoms with van der Waals surface area (Å²) in [6, 6.07) is 6.77. The van der Waals surface area contributed by atoms with Gasteiger partial charge in [0.2, 0.25) is 10.0 Å². The predicted molar refractivity (Wildman–Crippen MR) is 69.9 cm³/mol. The fraction of sp³-hybridized carbons (Fsp3) is 0.500. The van der Waals surface area contributed by atoms with Crippen molar-refractivity contribution in [1.82, 2.24) is 4.72 Å². The minimum absolute atomic E-state index is 0.0590. The summed E-state index contributed by atoms with van der Waals surface area (Å²) >= 11 is 0. The van der Waals surface area contributed by atoms with Crippen LogP contribution in [0, 0.1) is 5.41 Å². The van der Waals surface area contributed by atoms with Crippen LogP contribution in [0.1, 0.15) is 12.8 Å². The average molecular weight is 270 g/mol. The standard InChI is InChI=1S/C12H18N2O3S/c1-13-18(16,17)11-5-3-2-4-10(11)14-8-12(9-15)6-7-12/h2-5,13-15H,6-9H2,1H3. The quantitative estimate of drug-likeness (QED) is 0.714. The van der Waals surface area contributed by atoms with Crippen LogP contribution in [0.15, 0.2) is 29.2 Å². The molecule has 1 aromatic carbocycles. The van der Waals surface area contributed by atoms with E-state index in [4.69, 9.17) is 0 Å². The molecule has 0 heterocycles. The van der Waals surface area contributed by atoms with E-state index < -0.39 is 10.0 Å². The number of nitrogens with one attached hydrogen (secondary N) is 2. The van der Waals surface area contributed by atoms with Gasteiger partial charge in [-0.3, -0.25) is 0 Å². The summed E-state index contributed by atoms with van der Waals surface area (Å²) in [5.74, 6) is 0. The number of para-hydroxylation sites is 1. The molecule has 1 aliphatic carbocycles. The molecule has 6 heteroatoms. The van der Waals surface area contributed by atoms with E-state index in [0.717, 1.165) is 12.8 Å². The number of hydrogen-bond acceptors (Lipinski definition) is 4. The summed E-state index contributed by atoms with van der Waals surface area (Å²) in [7, 11) is -2.07. The van der Waals surface area contributed by atoms with E-state index in [1.165, 1.54) is 7.05 Å². The minimum atomic E-state index is -3.46. The molecule has 3 N–H and O–H groups in total. The Morgan fingerprint density at radius 2 is 2.00 bits per heavy atom. The largest absolute Gasteiger partial charge is 0.396 e. The highest BCUT2D eigenvalue weighted by Crippen LogP contribution is 2.45. The number of sulfonamides is 1. The topological polar surface area (TPSA) is 78.4 Å². The first-order chi connectivity index (χ1) is 8.53. The molecule has 1 aromatic rings. The Morgan fingerprint density at radius 3 is 2.56 bits per heavy atom. The van der Waals surface area contributed by atoms with Crippen molar-refractivity contribution in [2.45, 2.75) is 17.7 Å². The Labute approximate surface area is 107 Å². The maximum atomic E-state index is 11.8. The third-order valence-corrected chi connectivity index (χ3v) is 4.86. The van der Waals surface area contributed by atoms with Crippen molar-refractivity contribution in [3.05, 3.63) is 24.3 Å². The molecular weight excluding hydrogens is 252 g/mol. The Morgan fingerprint density at radius 1 is 1.33 bits per heavy atom. The maximum Gasteiger partial charge on any atom is 0.242 e. The molecule has 0 saturated heterocycles. The molecule has 0 bridgehead atoms. The second-order valence-corrected chi connectivity index (χ2v) is 6.57. The van der Waals surface area contributed by atoms with Gasteiger partial charge in [-0.1, -0.05) is 12.1 Å². The summed E-state index contributed by atoms with van der Waals surface area (Å²) in [5, 5.41) is 12.4. The Balaban J connectivity index is 2.18. The van der Waals surface area contributed by atoms with Crippen LogP contribution in [0.2, 0.25) is 0 Å². The van der Waals surface area contributed by atoms with Crippen LogP contribution >= 0.6 is 0 Å². The highest BCUT2D eigenvalue weighted by molar-refractivity contribution is 7.89. The Bertz CT molecular complexity index is 524. The van der Waals surface area contributed by atoms with E-state index >= 15 is 0 Å². The van der Waals surface area contributed by atoms with Gasteiger partial charge in [0.25, 0.3) is 0 Å². The van der Waals surface area contributed by atoms with Gasteiger partial charge in [-0.05, 0) is 32.0 Å². The lowest BCUT2D eigenvalue weighted by atomic mass is 10.1. The summed E-state index contributed by atoms with van der Waals surface area (Å²) in [6.07, 6.45) is 1.97. The van der Waals surface area contributed by atoms with E-state index in [2.05, 4.69) is 10.0 Å². The van der Waals surface area contributed by atoms with Crippen molar-refractivity contribution in [2.75, 3.05) is 25.5 Å². The fourth-order valence-electron chi connectivity index (χ4n) is 1.81. The molecule has 0 unspecified atom stereocenters. The van der Waals surface area contributed by atoms with Crippen LogP contribution in [0.3, 0.4) is 0 Å². The highest BCUT2D eigenvalue weighted by atomic mass is 32.2. The lowest BCUT2D eigenvalue weighted by Crippen LogP contribution is -2.23. The van der Waals surface area contributed by atoms with Gasteiger partial charge in [-0.15, -0.1) is 0 Å². The molecule has 0 atom stereocenters. The Hall–Kier alpha value is -1.11. The first kappa shape index (κ1) is 13.3. The van der Waals surface area contributed by atoms with Crippen LogP contribution in [-0.4, -0.2) is 33.7 Å². The second-order valence-electron chi connectivity index (χ2n) is 4.72. The zero-order chi connectivity index (χ0) is 13.2. The molecule has 0 aromatic heterocycles. The SMILES string of the molecule is CNS(=O)(=O)c1ccccc1NCC1(CO)CC1. The van der Waals surface area contributed by atoms with E-state index in [1.54, 1.807) is 24.3 Å². The van der Waals surface area contributed by atoms with E-state index in [0.29, 0.717) is 12.2 Å². The second kappa shape index (κ2) is 4.87. The first-order valence-corrected chi connectivity index (χ1v) is 7.39. The molecule has 0 spiro atoms. The zero-order valence-electron chi connectivity index (χ0n) is 10.3. The molecular formula is C12H18N2O3S. The van der Waals surface area contributed by atoms with Crippen LogP contribution in [0.5, 0.6) is 0 Å². The molecule has 0 aliphatic heterocycles. The summed E-state index contributed by atoms with van der Waals surface area (Å²) in [5.41, 5.74) is 0.517. The van der Waals surface area contributed by atoms with Gasteiger partial charge in [0, 0.05) is 12.0 Å². The summed E-state index contributed by atoms with van der Waals surface area (Å²) < 4.78 is 26.0. The van der Waals surface area contributed by atoms with Crippen LogP contribution in [-0.2, 0) is 10.0 Å². The molecule has 18 heavy (non-hydrogen) atoms. The molecule has 0 amide bonds. The third-order valence-electron chi connectivity index (χ3n) is 3.39. The lowest BCUT2D eigenvalue weighted by molar-refractivity contribution is 0.219. The number of rotatable bonds is 6. The van der Waals surface area contributed by atoms with E-state index in [1.807, 2.05) is 0 Å². The van der Waals surface area contributed by atoms with Gasteiger partial charge in [-0.2, -0.15) is 0 Å². The number of aliphatic hydroxyl groups excluding tert-OH is 1. The van der Waals surface area contributed by atoms with Crippen molar-refractivity contribution >= 4 is 15.7 Å². The molecule has 100 valence electrons. The van der Waals surface area contributed by atoms with Gasteiger partial charge >= 0.3 is 0 Å². The van der Waals surface area contributed by atoms with E-state index in [9.17, 15) is 13.5 Å². The highest BCUT2D eigenvalue weighted by Gasteiger charge is 2.41. The van der Waals surface area contributed by atoms with Crippen LogP contribution < -0.4 is 10.0 Å². The molecule has 2 rings (SSSR count). The molecule has 5 nitrogen and oxygen atoms in total. The minimum Gasteiger partial charge on any atom is -0.396 e. The normalized spacial score (nSPS) is 17.4. The number of anilines is 1. The van der Waals surface area contributed by atoms with Gasteiger partial charge in [0.05, 0.1) is 12.3 Å². The molecule has 1 aliphatic rings. The van der Waals surface area contributed by atoms with Gasteiger partial charge < -0.3 is 10.4 Å². The summed E-state index contributed by atoms with van der Waals surface area (Å²) in [4.78, 5) is 0.237. The van der Waals surface area contributed by atoms with Crippen molar-refractivity contribution in [1.29, 1.82) is 0 Å². The van der Waals surface area contributed by atoms with Crippen molar-refractivity contribution in [3.63, 3.8) is 0 Å². The zero-order valence-corrected chi connectivity index (χ0v) is 11.1. The third kappa shape index (κ3) is 2.66. The lowest BCUT2D eigenvalue weighted by Gasteiger charge is -2.16.